The second kappa shape index (κ2) is 11.4. The third-order valence-electron chi connectivity index (χ3n) is 8.83. The second-order valence-corrected chi connectivity index (χ2v) is 11.8. The molecule has 1 amide bonds. The van der Waals surface area contributed by atoms with E-state index in [0.29, 0.717) is 37.1 Å². The molecule has 0 spiro atoms. The van der Waals surface area contributed by atoms with Gasteiger partial charge in [0.25, 0.3) is 0 Å². The fourth-order valence-corrected chi connectivity index (χ4v) is 6.13. The summed E-state index contributed by atoms with van der Waals surface area (Å²) in [6.07, 6.45) is -0.649. The van der Waals surface area contributed by atoms with Crippen LogP contribution < -0.4 is 10.2 Å². The summed E-state index contributed by atoms with van der Waals surface area (Å²) in [5, 5.41) is 21.1. The third kappa shape index (κ3) is 5.67. The number of hydrogen-bond acceptors (Lipinski definition) is 9. The zero-order valence-electron chi connectivity index (χ0n) is 24.3. The number of amides is 1. The molecule has 0 saturated carbocycles. The van der Waals surface area contributed by atoms with Crippen LogP contribution in [0, 0.1) is 11.3 Å². The lowest BCUT2D eigenvalue weighted by Gasteiger charge is -2.50. The molecule has 6 heterocycles. The number of rotatable bonds is 8. The van der Waals surface area contributed by atoms with Gasteiger partial charge in [-0.3, -0.25) is 14.4 Å². The Morgan fingerprint density at radius 3 is 2.51 bits per heavy atom. The van der Waals surface area contributed by atoms with Crippen LogP contribution in [0.2, 0.25) is 0 Å². The van der Waals surface area contributed by atoms with Crippen LogP contribution in [0.15, 0.2) is 55.0 Å². The highest BCUT2D eigenvalue weighted by atomic mass is 19.4. The molecule has 3 fully saturated rings. The van der Waals surface area contributed by atoms with Crippen molar-refractivity contribution < 1.29 is 22.7 Å². The number of carbonyl (C=O) groups excluding carboxylic acids is 1. The molecule has 4 aromatic rings. The highest BCUT2D eigenvalue weighted by Gasteiger charge is 2.47. The molecular formula is C30H31F3N10O2. The van der Waals surface area contributed by atoms with Gasteiger partial charge in [0.15, 0.2) is 5.65 Å². The predicted octanol–water partition coefficient (Wildman–Crippen LogP) is 2.90. The van der Waals surface area contributed by atoms with E-state index in [1.807, 2.05) is 46.2 Å². The Balaban J connectivity index is 0.988. The fourth-order valence-electron chi connectivity index (χ4n) is 6.13. The summed E-state index contributed by atoms with van der Waals surface area (Å²) in [4.78, 5) is 23.8. The average molecular weight is 621 g/mol. The first-order valence-electron chi connectivity index (χ1n) is 14.8. The molecule has 3 aliphatic rings. The summed E-state index contributed by atoms with van der Waals surface area (Å²) >= 11 is 0. The smallest absolute Gasteiger partial charge is 0.378 e. The summed E-state index contributed by atoms with van der Waals surface area (Å²) in [7, 11) is 0. The molecule has 0 radical (unpaired) electrons. The van der Waals surface area contributed by atoms with Crippen LogP contribution in [0.3, 0.4) is 0 Å². The van der Waals surface area contributed by atoms with Crippen LogP contribution in [-0.4, -0.2) is 98.6 Å². The third-order valence-corrected chi connectivity index (χ3v) is 8.83. The van der Waals surface area contributed by atoms with Crippen molar-refractivity contribution in [2.24, 2.45) is 0 Å². The van der Waals surface area contributed by atoms with Gasteiger partial charge in [0.05, 0.1) is 55.6 Å². The number of carbonyl (C=O) groups is 1. The van der Waals surface area contributed by atoms with Gasteiger partial charge >= 0.3 is 6.18 Å². The van der Waals surface area contributed by atoms with Gasteiger partial charge in [-0.15, -0.1) is 5.10 Å². The molecule has 1 N–H and O–H groups in total. The molecule has 3 aliphatic heterocycles. The maximum Gasteiger partial charge on any atom is 0.419 e. The van der Waals surface area contributed by atoms with E-state index in [-0.39, 0.29) is 12.3 Å². The van der Waals surface area contributed by atoms with E-state index in [4.69, 9.17) is 4.74 Å². The summed E-state index contributed by atoms with van der Waals surface area (Å²) < 4.78 is 47.7. The van der Waals surface area contributed by atoms with E-state index in [1.54, 1.807) is 10.7 Å². The van der Waals surface area contributed by atoms with Crippen LogP contribution in [0.25, 0.3) is 5.65 Å². The molecule has 0 aliphatic carbocycles. The molecule has 0 atom stereocenters. The van der Waals surface area contributed by atoms with E-state index in [2.05, 4.69) is 31.5 Å². The van der Waals surface area contributed by atoms with Gasteiger partial charge in [-0.05, 0) is 29.8 Å². The van der Waals surface area contributed by atoms with Crippen LogP contribution in [-0.2, 0) is 27.7 Å². The summed E-state index contributed by atoms with van der Waals surface area (Å²) in [6, 6.07) is 13.9. The van der Waals surface area contributed by atoms with Gasteiger partial charge in [0, 0.05) is 57.3 Å². The second-order valence-electron chi connectivity index (χ2n) is 11.8. The van der Waals surface area contributed by atoms with Crippen molar-refractivity contribution >= 4 is 28.9 Å². The lowest BCUT2D eigenvalue weighted by Crippen LogP contribution is -2.63. The first kappa shape index (κ1) is 29.1. The lowest BCUT2D eigenvalue weighted by molar-refractivity contribution is -0.137. The van der Waals surface area contributed by atoms with Crippen LogP contribution in [0.4, 0.5) is 30.5 Å². The molecule has 3 saturated heterocycles. The van der Waals surface area contributed by atoms with Crippen LogP contribution >= 0.6 is 0 Å². The molecule has 234 valence electrons. The minimum atomic E-state index is -4.51. The van der Waals surface area contributed by atoms with E-state index in [9.17, 15) is 23.2 Å². The fraction of sp³-hybridized carbons (Fsp3) is 0.433. The number of aromatic nitrogens is 5. The van der Waals surface area contributed by atoms with Crippen molar-refractivity contribution in [2.75, 3.05) is 62.7 Å². The Hall–Kier alpha value is -4.68. The Labute approximate surface area is 256 Å². The number of anilines is 3. The standard InChI is InChI=1S/C30H31F3N10O2/c31-30(32,33)22-15-35-43(16-22)29(7-8-34)19-41(20-29)25-2-1-9-42-27(25)37-28(38-42)36-23-5-3-21(4-6-23)14-26(44)40-12-10-39(11-13-40)24-17-45-18-24/h1-6,9,15-16,24H,7,10-14,17-20H2,(H,36,38). The molecule has 15 heteroatoms. The zero-order chi connectivity index (χ0) is 31.2. The summed E-state index contributed by atoms with van der Waals surface area (Å²) in [6.45, 7) is 5.37. The number of fused-ring (bicyclic) bond motifs is 1. The number of ether oxygens (including phenoxy) is 1. The maximum absolute atomic E-state index is 13.2. The number of nitrogens with one attached hydrogen (secondary N) is 1. The van der Waals surface area contributed by atoms with Crippen LogP contribution in [0.1, 0.15) is 17.5 Å². The number of nitriles is 1. The van der Waals surface area contributed by atoms with Gasteiger partial charge in [-0.2, -0.15) is 28.5 Å². The van der Waals surface area contributed by atoms with Crippen molar-refractivity contribution in [1.29, 1.82) is 5.26 Å². The lowest BCUT2D eigenvalue weighted by atomic mass is 9.86. The van der Waals surface area contributed by atoms with Crippen molar-refractivity contribution in [3.8, 4) is 6.07 Å². The Kier molecular flexibility index (Phi) is 7.33. The molecular weight excluding hydrogens is 589 g/mol. The Morgan fingerprint density at radius 2 is 1.87 bits per heavy atom. The first-order chi connectivity index (χ1) is 21.7. The van der Waals surface area contributed by atoms with Crippen molar-refractivity contribution in [3.63, 3.8) is 0 Å². The SMILES string of the molecule is N#CCC1(n2cc(C(F)(F)F)cn2)CN(c2cccn3nc(Nc4ccc(CC(=O)N5CCN(C6COC6)CC5)cc4)nc23)C1. The summed E-state index contributed by atoms with van der Waals surface area (Å²) in [5.41, 5.74) is 1.26. The monoisotopic (exact) mass is 620 g/mol. The highest BCUT2D eigenvalue weighted by molar-refractivity contribution is 5.79. The molecule has 12 nitrogen and oxygen atoms in total. The molecule has 0 bridgehead atoms. The minimum Gasteiger partial charge on any atom is -0.378 e. The van der Waals surface area contributed by atoms with E-state index in [1.165, 1.54) is 4.68 Å². The van der Waals surface area contributed by atoms with Gasteiger partial charge in [0.2, 0.25) is 11.9 Å². The Bertz CT molecular complexity index is 1730. The van der Waals surface area contributed by atoms with Crippen LogP contribution in [0.5, 0.6) is 0 Å². The predicted molar refractivity (Wildman–Crippen MR) is 157 cm³/mol. The number of nitrogens with zero attached hydrogens (tertiary/aromatic N) is 9. The van der Waals surface area contributed by atoms with E-state index in [0.717, 1.165) is 68.7 Å². The molecule has 3 aromatic heterocycles. The number of pyridine rings is 1. The largest absolute Gasteiger partial charge is 0.419 e. The number of halogens is 3. The van der Waals surface area contributed by atoms with Gasteiger partial charge in [0.1, 0.15) is 5.54 Å². The number of piperazine rings is 1. The summed E-state index contributed by atoms with van der Waals surface area (Å²) in [5.74, 6) is 0.486. The molecule has 0 unspecified atom stereocenters. The van der Waals surface area contributed by atoms with Crippen molar-refractivity contribution in [1.82, 2.24) is 34.2 Å². The number of hydrogen-bond donors (Lipinski definition) is 1. The van der Waals surface area contributed by atoms with Gasteiger partial charge in [-0.1, -0.05) is 12.1 Å². The highest BCUT2D eigenvalue weighted by Crippen LogP contribution is 2.39. The first-order valence-corrected chi connectivity index (χ1v) is 14.8. The topological polar surface area (TPSA) is 120 Å². The molecule has 45 heavy (non-hydrogen) atoms. The van der Waals surface area contributed by atoms with E-state index < -0.39 is 17.3 Å². The molecule has 1 aromatic carbocycles. The van der Waals surface area contributed by atoms with Gasteiger partial charge < -0.3 is 19.9 Å². The quantitative estimate of drug-likeness (QED) is 0.317. The van der Waals surface area contributed by atoms with Crippen molar-refractivity contribution in [2.45, 2.75) is 30.6 Å². The number of benzene rings is 1. The van der Waals surface area contributed by atoms with Gasteiger partial charge in [-0.25, -0.2) is 4.52 Å². The maximum atomic E-state index is 13.2. The van der Waals surface area contributed by atoms with Crippen molar-refractivity contribution in [3.05, 3.63) is 66.1 Å². The van der Waals surface area contributed by atoms with E-state index >= 15 is 0 Å². The Morgan fingerprint density at radius 1 is 1.11 bits per heavy atom. The normalized spacial score (nSPS) is 18.8. The average Bonchev–Trinajstić information content (AvgIpc) is 3.63. The molecule has 7 rings (SSSR count). The minimum absolute atomic E-state index is 0.0135. The zero-order valence-corrected chi connectivity index (χ0v) is 24.3. The number of alkyl halides is 3.